The largest absolute Gasteiger partial charge is 0.493 e. The van der Waals surface area contributed by atoms with Gasteiger partial charge in [-0.3, -0.25) is 0 Å². The second-order valence-corrected chi connectivity index (χ2v) is 11.0. The molecule has 3 aromatic rings. The molecule has 4 heterocycles. The van der Waals surface area contributed by atoms with E-state index in [1.807, 2.05) is 18.2 Å². The Morgan fingerprint density at radius 2 is 1.91 bits per heavy atom. The number of ether oxygens (including phenoxy) is 2. The molecule has 0 aliphatic carbocycles. The standard InChI is InChI=1S/C22H23F3N4O4S/c1-34(30,31)21(6-8-32-9-7-21)15-11-33-16-5-3-2-4-13(16)18(15)29-20-14-10-17(22(23,24)25)28-19(14)26-12-27-20/h2-5,10,12,15,18H,6-9,11H2,1H3,(H2,26,27,28,29). The second-order valence-electron chi connectivity index (χ2n) is 8.69. The first-order valence-corrected chi connectivity index (χ1v) is 12.7. The SMILES string of the molecule is CS(=O)(=O)C1(C2COc3ccccc3C2Nc2ncnc3[nH]c(C(F)(F)F)cc23)CCOCC1. The minimum absolute atomic E-state index is 0.0330. The molecule has 0 amide bonds. The van der Waals surface area contributed by atoms with Gasteiger partial charge in [0, 0.05) is 31.0 Å². The van der Waals surface area contributed by atoms with Crippen LogP contribution in [0.1, 0.15) is 30.1 Å². The molecule has 1 aromatic carbocycles. The van der Waals surface area contributed by atoms with Crippen LogP contribution in [0.25, 0.3) is 11.0 Å². The Labute approximate surface area is 193 Å². The van der Waals surface area contributed by atoms with Gasteiger partial charge in [-0.05, 0) is 25.0 Å². The van der Waals surface area contributed by atoms with Crippen LogP contribution in [0, 0.1) is 5.92 Å². The minimum Gasteiger partial charge on any atom is -0.493 e. The molecule has 0 radical (unpaired) electrons. The first-order valence-electron chi connectivity index (χ1n) is 10.8. The molecule has 0 bridgehead atoms. The normalized spacial score (nSPS) is 22.7. The van der Waals surface area contributed by atoms with Crippen molar-refractivity contribution in [1.82, 2.24) is 15.0 Å². The van der Waals surface area contributed by atoms with Crippen LogP contribution in [0.2, 0.25) is 0 Å². The summed E-state index contributed by atoms with van der Waals surface area (Å²) in [6.07, 6.45) is -1.60. The molecule has 1 saturated heterocycles. The van der Waals surface area contributed by atoms with Crippen molar-refractivity contribution in [1.29, 1.82) is 0 Å². The average Bonchev–Trinajstić information content (AvgIpc) is 3.25. The van der Waals surface area contributed by atoms with Crippen LogP contribution in [-0.4, -0.2) is 54.2 Å². The van der Waals surface area contributed by atoms with Gasteiger partial charge in [0.2, 0.25) is 0 Å². The van der Waals surface area contributed by atoms with Gasteiger partial charge in [-0.25, -0.2) is 18.4 Å². The number of halogens is 3. The lowest BCUT2D eigenvalue weighted by atomic mass is 9.76. The van der Waals surface area contributed by atoms with Crippen molar-refractivity contribution in [2.45, 2.75) is 29.8 Å². The molecule has 1 fully saturated rings. The van der Waals surface area contributed by atoms with Crippen molar-refractivity contribution < 1.29 is 31.1 Å². The molecule has 34 heavy (non-hydrogen) atoms. The third-order valence-corrected chi connectivity index (χ3v) is 9.04. The van der Waals surface area contributed by atoms with Crippen LogP contribution in [-0.2, 0) is 20.8 Å². The van der Waals surface area contributed by atoms with Gasteiger partial charge >= 0.3 is 6.18 Å². The molecule has 12 heteroatoms. The number of aromatic nitrogens is 3. The predicted molar refractivity (Wildman–Crippen MR) is 118 cm³/mol. The fourth-order valence-corrected chi connectivity index (χ4v) is 6.75. The Bertz CT molecular complexity index is 1320. The Kier molecular flexibility index (Phi) is 5.47. The molecule has 2 aromatic heterocycles. The topological polar surface area (TPSA) is 106 Å². The molecule has 182 valence electrons. The molecule has 8 nitrogen and oxygen atoms in total. The molecule has 2 aliphatic heterocycles. The number of rotatable bonds is 4. The van der Waals surface area contributed by atoms with Gasteiger partial charge in [0.1, 0.15) is 29.2 Å². The zero-order chi connectivity index (χ0) is 24.1. The molecule has 2 N–H and O–H groups in total. The number of H-pyrrole nitrogens is 1. The van der Waals surface area contributed by atoms with Gasteiger partial charge in [-0.2, -0.15) is 13.2 Å². The Balaban J connectivity index is 1.63. The number of benzene rings is 1. The summed E-state index contributed by atoms with van der Waals surface area (Å²) in [6.45, 7) is 0.710. The Hall–Kier alpha value is -2.86. The van der Waals surface area contributed by atoms with E-state index in [0.717, 1.165) is 6.07 Å². The number of anilines is 1. The molecule has 2 atom stereocenters. The van der Waals surface area contributed by atoms with Gasteiger partial charge in [-0.15, -0.1) is 0 Å². The van der Waals surface area contributed by atoms with Gasteiger partial charge in [0.25, 0.3) is 0 Å². The highest BCUT2D eigenvalue weighted by molar-refractivity contribution is 7.92. The van der Waals surface area contributed by atoms with E-state index in [-0.39, 0.29) is 23.5 Å². The quantitative estimate of drug-likeness (QED) is 0.567. The first kappa shape index (κ1) is 22.9. The van der Waals surface area contributed by atoms with Gasteiger partial charge < -0.3 is 19.8 Å². The number of aromatic amines is 1. The number of sulfone groups is 1. The predicted octanol–water partition coefficient (Wildman–Crippen LogP) is 3.73. The maximum absolute atomic E-state index is 13.3. The van der Waals surface area contributed by atoms with Crippen LogP contribution in [0.4, 0.5) is 19.0 Å². The van der Waals surface area contributed by atoms with E-state index in [9.17, 15) is 21.6 Å². The number of para-hydroxylation sites is 1. The van der Waals surface area contributed by atoms with Crippen molar-refractivity contribution in [3.8, 4) is 5.75 Å². The lowest BCUT2D eigenvalue weighted by Gasteiger charge is -2.47. The molecular weight excluding hydrogens is 473 g/mol. The van der Waals surface area contributed by atoms with E-state index in [0.29, 0.717) is 37.4 Å². The van der Waals surface area contributed by atoms with E-state index >= 15 is 0 Å². The van der Waals surface area contributed by atoms with Crippen LogP contribution in [0.3, 0.4) is 0 Å². The van der Waals surface area contributed by atoms with Crippen LogP contribution in [0.15, 0.2) is 36.7 Å². The highest BCUT2D eigenvalue weighted by Gasteiger charge is 2.54. The zero-order valence-corrected chi connectivity index (χ0v) is 19.0. The second kappa shape index (κ2) is 8.12. The summed E-state index contributed by atoms with van der Waals surface area (Å²) in [7, 11) is -3.56. The number of nitrogens with zero attached hydrogens (tertiary/aromatic N) is 2. The van der Waals surface area contributed by atoms with E-state index in [1.54, 1.807) is 6.07 Å². The molecular formula is C22H23F3N4O4S. The fourth-order valence-electron chi connectivity index (χ4n) is 5.08. The van der Waals surface area contributed by atoms with Crippen LogP contribution >= 0.6 is 0 Å². The number of nitrogens with one attached hydrogen (secondary N) is 2. The summed E-state index contributed by atoms with van der Waals surface area (Å²) in [4.78, 5) is 10.4. The van der Waals surface area contributed by atoms with Crippen molar-refractivity contribution in [3.63, 3.8) is 0 Å². The number of fused-ring (bicyclic) bond motifs is 2. The van der Waals surface area contributed by atoms with Gasteiger partial charge in [0.05, 0.1) is 22.8 Å². The monoisotopic (exact) mass is 496 g/mol. The smallest absolute Gasteiger partial charge is 0.431 e. The number of hydrogen-bond acceptors (Lipinski definition) is 7. The van der Waals surface area contributed by atoms with Gasteiger partial charge in [-0.1, -0.05) is 18.2 Å². The van der Waals surface area contributed by atoms with E-state index in [1.165, 1.54) is 12.6 Å². The molecule has 0 spiro atoms. The Morgan fingerprint density at radius 1 is 1.18 bits per heavy atom. The first-order chi connectivity index (χ1) is 16.1. The van der Waals surface area contributed by atoms with Gasteiger partial charge in [0.15, 0.2) is 9.84 Å². The Morgan fingerprint density at radius 3 is 2.62 bits per heavy atom. The molecule has 2 unspecified atom stereocenters. The average molecular weight is 497 g/mol. The minimum atomic E-state index is -4.58. The number of alkyl halides is 3. The summed E-state index contributed by atoms with van der Waals surface area (Å²) in [6, 6.07) is 7.60. The summed E-state index contributed by atoms with van der Waals surface area (Å²) in [5.41, 5.74) is -0.191. The third-order valence-electron chi connectivity index (χ3n) is 6.85. The molecule has 2 aliphatic rings. The zero-order valence-electron chi connectivity index (χ0n) is 18.2. The van der Waals surface area contributed by atoms with E-state index in [4.69, 9.17) is 9.47 Å². The molecule has 5 rings (SSSR count). The highest BCUT2D eigenvalue weighted by Crippen LogP contribution is 2.48. The third kappa shape index (κ3) is 3.78. The van der Waals surface area contributed by atoms with Crippen LogP contribution in [0.5, 0.6) is 5.75 Å². The summed E-state index contributed by atoms with van der Waals surface area (Å²) < 4.78 is 76.5. The van der Waals surface area contributed by atoms with Crippen LogP contribution < -0.4 is 10.1 Å². The maximum atomic E-state index is 13.3. The van der Waals surface area contributed by atoms with Crippen molar-refractivity contribution in [2.24, 2.45) is 5.92 Å². The number of hydrogen-bond donors (Lipinski definition) is 2. The summed E-state index contributed by atoms with van der Waals surface area (Å²) in [5, 5.41) is 3.43. The van der Waals surface area contributed by atoms with Crippen molar-refractivity contribution in [2.75, 3.05) is 31.4 Å². The molecule has 0 saturated carbocycles. The summed E-state index contributed by atoms with van der Waals surface area (Å²) in [5.74, 6) is 0.230. The fraction of sp³-hybridized carbons (Fsp3) is 0.455. The van der Waals surface area contributed by atoms with Crippen molar-refractivity contribution in [3.05, 3.63) is 47.9 Å². The lowest BCUT2D eigenvalue weighted by Crippen LogP contribution is -2.55. The lowest BCUT2D eigenvalue weighted by molar-refractivity contribution is -0.140. The summed E-state index contributed by atoms with van der Waals surface area (Å²) >= 11 is 0. The van der Waals surface area contributed by atoms with E-state index < -0.39 is 38.4 Å². The maximum Gasteiger partial charge on any atom is 0.431 e. The van der Waals surface area contributed by atoms with Crippen molar-refractivity contribution >= 4 is 26.7 Å². The highest BCUT2D eigenvalue weighted by atomic mass is 32.2. The van der Waals surface area contributed by atoms with E-state index in [2.05, 4.69) is 20.3 Å².